The smallest absolute Gasteiger partial charge is 0.332 e. The van der Waals surface area contributed by atoms with Crippen molar-refractivity contribution in [3.63, 3.8) is 0 Å². The van der Waals surface area contributed by atoms with E-state index in [2.05, 4.69) is 5.32 Å². The highest BCUT2D eigenvalue weighted by molar-refractivity contribution is 5.93. The number of amides is 1. The Balaban J connectivity index is 1.80. The Morgan fingerprint density at radius 3 is 3.04 bits per heavy atom. The van der Waals surface area contributed by atoms with Gasteiger partial charge in [0.25, 0.3) is 0 Å². The maximum atomic E-state index is 12.9. The highest BCUT2D eigenvalue weighted by Gasteiger charge is 2.62. The molecule has 2 aliphatic heterocycles. The lowest BCUT2D eigenvalue weighted by Gasteiger charge is -2.29. The molecule has 1 amide bonds. The van der Waals surface area contributed by atoms with Crippen LogP contribution in [0.3, 0.4) is 0 Å². The Morgan fingerprint density at radius 2 is 2.26 bits per heavy atom. The minimum atomic E-state index is -1.04. The third-order valence-corrected chi connectivity index (χ3v) is 5.55. The van der Waals surface area contributed by atoms with Gasteiger partial charge in [-0.3, -0.25) is 9.69 Å². The number of nitrogens with one attached hydrogen (secondary N) is 1. The summed E-state index contributed by atoms with van der Waals surface area (Å²) in [5, 5.41) is 23.4. The van der Waals surface area contributed by atoms with E-state index < -0.39 is 29.9 Å². The number of hydrogen-bond acceptors (Lipinski definition) is 7. The molecule has 152 valence electrons. The molecule has 3 rings (SSSR count). The second-order valence-electron chi connectivity index (χ2n) is 7.55. The van der Waals surface area contributed by atoms with Gasteiger partial charge in [0, 0.05) is 25.5 Å². The van der Waals surface area contributed by atoms with Crippen LogP contribution in [0.2, 0.25) is 0 Å². The molecule has 1 saturated carbocycles. The molecule has 2 heterocycles. The molecule has 3 aliphatic rings. The van der Waals surface area contributed by atoms with Crippen LogP contribution in [0.5, 0.6) is 0 Å². The fraction of sp³-hybridized carbons (Fsp3) is 0.789. The van der Waals surface area contributed by atoms with E-state index >= 15 is 0 Å². The maximum absolute atomic E-state index is 12.9. The normalized spacial score (nSPS) is 39.3. The van der Waals surface area contributed by atoms with E-state index in [9.17, 15) is 19.8 Å². The van der Waals surface area contributed by atoms with E-state index in [0.29, 0.717) is 26.1 Å². The lowest BCUT2D eigenvalue weighted by molar-refractivity contribution is -0.150. The van der Waals surface area contributed by atoms with Gasteiger partial charge in [-0.05, 0) is 32.6 Å². The zero-order chi connectivity index (χ0) is 19.4. The summed E-state index contributed by atoms with van der Waals surface area (Å²) < 4.78 is 10.7. The summed E-state index contributed by atoms with van der Waals surface area (Å²) >= 11 is 0. The molecule has 5 atom stereocenters. The Morgan fingerprint density at radius 1 is 1.44 bits per heavy atom. The molecule has 1 unspecified atom stereocenters. The highest BCUT2D eigenvalue weighted by Crippen LogP contribution is 2.46. The van der Waals surface area contributed by atoms with E-state index in [-0.39, 0.29) is 31.4 Å². The van der Waals surface area contributed by atoms with Crippen molar-refractivity contribution in [3.8, 4) is 0 Å². The number of aliphatic hydroxyl groups excluding tert-OH is 2. The molecule has 0 aromatic heterocycles. The van der Waals surface area contributed by atoms with Crippen LogP contribution < -0.4 is 5.32 Å². The van der Waals surface area contributed by atoms with Gasteiger partial charge in [-0.2, -0.15) is 0 Å². The molecule has 27 heavy (non-hydrogen) atoms. The molecule has 0 spiro atoms. The number of aliphatic hydroxyl groups is 2. The number of nitrogens with zero attached hydrogens (tertiary/aromatic N) is 1. The second kappa shape index (κ2) is 8.68. The fourth-order valence-corrected chi connectivity index (χ4v) is 3.96. The van der Waals surface area contributed by atoms with Gasteiger partial charge in [0.05, 0.1) is 25.4 Å². The number of esters is 1. The molecule has 0 aromatic rings. The summed E-state index contributed by atoms with van der Waals surface area (Å²) in [6, 6.07) is -0.684. The number of fused-ring (bicyclic) bond motifs is 2. The van der Waals surface area contributed by atoms with Crippen LogP contribution in [-0.4, -0.2) is 77.3 Å². The molecule has 0 bridgehead atoms. The predicted molar refractivity (Wildman–Crippen MR) is 96.5 cm³/mol. The van der Waals surface area contributed by atoms with E-state index in [0.717, 1.165) is 12.8 Å². The molecular weight excluding hydrogens is 352 g/mol. The topological polar surface area (TPSA) is 108 Å². The monoisotopic (exact) mass is 382 g/mol. The van der Waals surface area contributed by atoms with Gasteiger partial charge in [-0.1, -0.05) is 12.2 Å². The van der Waals surface area contributed by atoms with E-state index in [1.807, 2.05) is 12.2 Å². The summed E-state index contributed by atoms with van der Waals surface area (Å²) in [7, 11) is 0. The van der Waals surface area contributed by atoms with Crippen LogP contribution in [0.4, 0.5) is 0 Å². The van der Waals surface area contributed by atoms with Gasteiger partial charge in [0.1, 0.15) is 11.8 Å². The largest absolute Gasteiger partial charge is 0.464 e. The number of allylic oxidation sites excluding steroid dienone is 1. The second-order valence-corrected chi connectivity index (χ2v) is 7.55. The molecule has 8 nitrogen and oxygen atoms in total. The van der Waals surface area contributed by atoms with Crippen molar-refractivity contribution in [2.24, 2.45) is 5.92 Å². The summed E-state index contributed by atoms with van der Waals surface area (Å²) in [6.45, 7) is 3.18. The van der Waals surface area contributed by atoms with Crippen LogP contribution in [-0.2, 0) is 19.1 Å². The van der Waals surface area contributed by atoms with Crippen molar-refractivity contribution in [2.45, 2.75) is 62.9 Å². The summed E-state index contributed by atoms with van der Waals surface area (Å²) in [6.07, 6.45) is 5.17. The van der Waals surface area contributed by atoms with Gasteiger partial charge in [-0.15, -0.1) is 0 Å². The third kappa shape index (κ3) is 4.51. The molecular formula is C19H30N2O6. The Labute approximate surface area is 159 Å². The number of hydrogen-bond donors (Lipinski definition) is 3. The van der Waals surface area contributed by atoms with Crippen molar-refractivity contribution in [3.05, 3.63) is 12.2 Å². The number of carbonyl (C=O) groups is 2. The van der Waals surface area contributed by atoms with Crippen molar-refractivity contribution < 1.29 is 29.3 Å². The summed E-state index contributed by atoms with van der Waals surface area (Å²) in [4.78, 5) is 27.0. The Kier molecular flexibility index (Phi) is 6.52. The molecule has 1 aliphatic carbocycles. The van der Waals surface area contributed by atoms with Crippen molar-refractivity contribution >= 4 is 11.9 Å². The first-order valence-electron chi connectivity index (χ1n) is 9.83. The minimum absolute atomic E-state index is 0.101. The highest BCUT2D eigenvalue weighted by atomic mass is 16.5. The van der Waals surface area contributed by atoms with Gasteiger partial charge in [0.2, 0.25) is 5.91 Å². The quantitative estimate of drug-likeness (QED) is 0.453. The molecule has 2 fully saturated rings. The van der Waals surface area contributed by atoms with Gasteiger partial charge >= 0.3 is 5.97 Å². The van der Waals surface area contributed by atoms with Crippen molar-refractivity contribution in [1.82, 2.24) is 10.2 Å². The van der Waals surface area contributed by atoms with Gasteiger partial charge < -0.3 is 25.0 Å². The van der Waals surface area contributed by atoms with Gasteiger partial charge in [0.15, 0.2) is 0 Å². The zero-order valence-electron chi connectivity index (χ0n) is 15.8. The molecule has 0 aromatic carbocycles. The average Bonchev–Trinajstić information content (AvgIpc) is 3.18. The Hall–Kier alpha value is -1.48. The lowest BCUT2D eigenvalue weighted by atomic mass is 10.1. The average molecular weight is 382 g/mol. The van der Waals surface area contributed by atoms with Crippen LogP contribution in [0.15, 0.2) is 12.2 Å². The van der Waals surface area contributed by atoms with E-state index in [4.69, 9.17) is 9.47 Å². The number of ether oxygens (including phenoxy) is 2. The van der Waals surface area contributed by atoms with Crippen LogP contribution >= 0.6 is 0 Å². The third-order valence-electron chi connectivity index (χ3n) is 5.55. The summed E-state index contributed by atoms with van der Waals surface area (Å²) in [5.74, 6) is -0.882. The Bertz CT molecular complexity index is 583. The van der Waals surface area contributed by atoms with Gasteiger partial charge in [-0.25, -0.2) is 4.79 Å². The van der Waals surface area contributed by atoms with Crippen LogP contribution in [0.25, 0.3) is 0 Å². The van der Waals surface area contributed by atoms with Crippen molar-refractivity contribution in [1.29, 1.82) is 0 Å². The number of carbonyl (C=O) groups excluding carboxylic acids is 2. The fourth-order valence-electron chi connectivity index (χ4n) is 3.96. The maximum Gasteiger partial charge on any atom is 0.332 e. The lowest BCUT2D eigenvalue weighted by Crippen LogP contribution is -2.54. The van der Waals surface area contributed by atoms with Crippen LogP contribution in [0, 0.1) is 5.92 Å². The first-order valence-corrected chi connectivity index (χ1v) is 9.83. The van der Waals surface area contributed by atoms with Crippen LogP contribution in [0.1, 0.15) is 39.0 Å². The molecule has 0 radical (unpaired) electrons. The molecule has 8 heteroatoms. The van der Waals surface area contributed by atoms with E-state index in [1.54, 1.807) is 11.8 Å². The zero-order valence-corrected chi connectivity index (χ0v) is 15.8. The minimum Gasteiger partial charge on any atom is -0.464 e. The molecule has 3 N–H and O–H groups in total. The van der Waals surface area contributed by atoms with Crippen molar-refractivity contribution in [2.75, 3.05) is 26.4 Å². The number of rotatable bonds is 2. The molecule has 1 saturated heterocycles. The van der Waals surface area contributed by atoms with E-state index in [1.165, 1.54) is 0 Å². The first-order chi connectivity index (χ1) is 13.0. The first kappa shape index (κ1) is 20.3. The predicted octanol–water partition coefficient (Wildman–Crippen LogP) is -0.0653. The standard InChI is InChI=1S/C19H30N2O6/c1-2-27-18(25)19-11-13(19)6-4-3-5-8-26-9-7-16(23)21-12-14(22)10-15(21)17(24)20-19/h4,6,13-16,22-23H,2-3,5,7-12H2,1H3,(H,20,24)/b6-4-/t13-,14-,15+,16?,19-/m1/s1. The SMILES string of the molecule is CCOC(=O)[C@@]12C[C@H]1/C=C\CCCOCCC(O)N1C[C@H](O)C[C@H]1C(=O)N2. The summed E-state index contributed by atoms with van der Waals surface area (Å²) in [5.41, 5.74) is -1.04.